The van der Waals surface area contributed by atoms with Crippen LogP contribution in [0.2, 0.25) is 0 Å². The van der Waals surface area contributed by atoms with E-state index in [0.29, 0.717) is 38.5 Å². The number of esters is 1. The first-order valence-corrected chi connectivity index (χ1v) is 13.5. The van der Waals surface area contributed by atoms with Gasteiger partial charge in [0.05, 0.1) is 45.9 Å². The van der Waals surface area contributed by atoms with Crippen LogP contribution in [0.5, 0.6) is 0 Å². The number of fused-ring (bicyclic) bond motifs is 5. The zero-order valence-electron chi connectivity index (χ0n) is 22.7. The Morgan fingerprint density at radius 1 is 1.05 bits per heavy atom. The second-order valence-corrected chi connectivity index (χ2v) is 11.3. The molecular weight excluding hydrogens is 539 g/mol. The van der Waals surface area contributed by atoms with E-state index in [2.05, 4.69) is 4.90 Å². The molecule has 2 aromatic rings. The highest BCUT2D eigenvalue weighted by atomic mass is 19.4. The van der Waals surface area contributed by atoms with E-state index >= 15 is 0 Å². The molecule has 3 heterocycles. The average Bonchev–Trinajstić information content (AvgIpc) is 3.29. The average molecular weight is 570 g/mol. The number of likely N-dealkylation sites (tertiary alicyclic amines) is 1. The fraction of sp³-hybridized carbons (Fsp3) is 0.467. The van der Waals surface area contributed by atoms with Crippen molar-refractivity contribution in [3.63, 3.8) is 0 Å². The van der Waals surface area contributed by atoms with Crippen LogP contribution in [0.1, 0.15) is 49.8 Å². The molecule has 4 atom stereocenters. The van der Waals surface area contributed by atoms with Gasteiger partial charge < -0.3 is 9.47 Å². The third-order valence-corrected chi connectivity index (χ3v) is 8.20. The fourth-order valence-electron chi connectivity index (χ4n) is 6.60. The topological polar surface area (TPSA) is 99.9 Å². The van der Waals surface area contributed by atoms with E-state index in [1.807, 2.05) is 30.3 Å². The third-order valence-electron chi connectivity index (χ3n) is 8.20. The Kier molecular flexibility index (Phi) is 7.42. The molecule has 0 spiro atoms. The Bertz CT molecular complexity index is 1370. The van der Waals surface area contributed by atoms with Crippen molar-refractivity contribution in [3.05, 3.63) is 65.2 Å². The number of rotatable bonds is 8. The molecule has 11 heteroatoms. The molecule has 5 rings (SSSR count). The molecule has 0 radical (unpaired) electrons. The lowest BCUT2D eigenvalue weighted by Crippen LogP contribution is -2.58. The molecule has 1 unspecified atom stereocenters. The van der Waals surface area contributed by atoms with Crippen LogP contribution in [0.15, 0.2) is 48.5 Å². The van der Waals surface area contributed by atoms with Gasteiger partial charge in [-0.1, -0.05) is 30.3 Å². The molecule has 41 heavy (non-hydrogen) atoms. The summed E-state index contributed by atoms with van der Waals surface area (Å²) in [5.41, 5.74) is -3.11. The number of carbonyl (C=O) groups excluding carboxylic acids is 3. The molecule has 2 bridgehead atoms. The van der Waals surface area contributed by atoms with Crippen molar-refractivity contribution in [3.8, 4) is 6.07 Å². The predicted molar refractivity (Wildman–Crippen MR) is 140 cm³/mol. The summed E-state index contributed by atoms with van der Waals surface area (Å²) in [5.74, 6) is -3.21. The standard InChI is InChI=1S/C30H30F3N3O5/c1-28-17-35(13-7-6-10-23(37)40-16-19-8-4-3-5-9-19)18-29(2,41-28)25-24(28)26(38)36(27(25)39)21-12-11-20(15-34)22(14-21)30(31,32)33/h3-5,8-9,11-12,14,24-25H,6-7,10,13,16-18H2,1-2H3/t24-,25?,28-,29+/m0/s1. The van der Waals surface area contributed by atoms with Crippen LogP contribution in [0.25, 0.3) is 0 Å². The Balaban J connectivity index is 1.23. The summed E-state index contributed by atoms with van der Waals surface area (Å²) in [6.07, 6.45) is -3.24. The van der Waals surface area contributed by atoms with Crippen LogP contribution < -0.4 is 4.90 Å². The SMILES string of the molecule is C[C@]12CN(CCCCC(=O)OCc3ccccc3)C[C@](C)(O1)[C@@H]1C(=O)N(c3ccc(C#N)c(C(F)(F)F)c3)C(=O)C12. The minimum atomic E-state index is -4.82. The molecule has 0 aromatic heterocycles. The molecule has 2 aromatic carbocycles. The van der Waals surface area contributed by atoms with Crippen molar-refractivity contribution in [1.29, 1.82) is 5.26 Å². The van der Waals surface area contributed by atoms with E-state index in [1.165, 1.54) is 12.1 Å². The minimum absolute atomic E-state index is 0.206. The molecule has 3 fully saturated rings. The Morgan fingerprint density at radius 2 is 1.68 bits per heavy atom. The number of amides is 2. The fourth-order valence-corrected chi connectivity index (χ4v) is 6.60. The number of ether oxygens (including phenoxy) is 2. The minimum Gasteiger partial charge on any atom is -0.461 e. The maximum atomic E-state index is 13.6. The van der Waals surface area contributed by atoms with Gasteiger partial charge in [0, 0.05) is 19.5 Å². The first-order valence-electron chi connectivity index (χ1n) is 13.5. The van der Waals surface area contributed by atoms with Gasteiger partial charge in [0.25, 0.3) is 0 Å². The number of nitrogens with zero attached hydrogens (tertiary/aromatic N) is 3. The summed E-state index contributed by atoms with van der Waals surface area (Å²) in [7, 11) is 0. The Morgan fingerprint density at radius 3 is 2.27 bits per heavy atom. The molecule has 0 N–H and O–H groups in total. The van der Waals surface area contributed by atoms with E-state index in [9.17, 15) is 27.6 Å². The molecule has 3 saturated heterocycles. The Hall–Kier alpha value is -3.75. The quantitative estimate of drug-likeness (QED) is 0.263. The summed E-state index contributed by atoms with van der Waals surface area (Å²) in [5, 5.41) is 9.10. The summed E-state index contributed by atoms with van der Waals surface area (Å²) in [6.45, 7) is 5.08. The number of carbonyl (C=O) groups is 3. The van der Waals surface area contributed by atoms with E-state index < -0.39 is 52.2 Å². The lowest BCUT2D eigenvalue weighted by Gasteiger charge is -2.45. The van der Waals surface area contributed by atoms with Gasteiger partial charge in [0.2, 0.25) is 11.8 Å². The van der Waals surface area contributed by atoms with Crippen molar-refractivity contribution in [2.24, 2.45) is 11.8 Å². The number of alkyl halides is 3. The van der Waals surface area contributed by atoms with Crippen LogP contribution >= 0.6 is 0 Å². The summed E-state index contributed by atoms with van der Waals surface area (Å²) < 4.78 is 52.4. The monoisotopic (exact) mass is 569 g/mol. The number of hydrogen-bond acceptors (Lipinski definition) is 7. The van der Waals surface area contributed by atoms with Crippen molar-refractivity contribution >= 4 is 23.5 Å². The summed E-state index contributed by atoms with van der Waals surface area (Å²) >= 11 is 0. The lowest BCUT2D eigenvalue weighted by molar-refractivity contribution is -0.169. The number of halogens is 3. The smallest absolute Gasteiger partial charge is 0.417 e. The van der Waals surface area contributed by atoms with Gasteiger partial charge in [0.15, 0.2) is 0 Å². The normalized spacial score (nSPS) is 27.6. The summed E-state index contributed by atoms with van der Waals surface area (Å²) in [6, 6.07) is 13.8. The molecule has 216 valence electrons. The highest BCUT2D eigenvalue weighted by molar-refractivity contribution is 6.23. The number of nitriles is 1. The highest BCUT2D eigenvalue weighted by Gasteiger charge is 2.71. The number of imide groups is 1. The van der Waals surface area contributed by atoms with Crippen molar-refractivity contribution < 1.29 is 37.0 Å². The molecule has 3 aliphatic heterocycles. The largest absolute Gasteiger partial charge is 0.461 e. The van der Waals surface area contributed by atoms with Crippen LogP contribution in [-0.2, 0) is 36.6 Å². The first kappa shape index (κ1) is 28.8. The zero-order valence-corrected chi connectivity index (χ0v) is 22.7. The second kappa shape index (κ2) is 10.6. The molecular formula is C30H30F3N3O5. The van der Waals surface area contributed by atoms with Crippen LogP contribution in [0.4, 0.5) is 18.9 Å². The molecule has 8 nitrogen and oxygen atoms in total. The van der Waals surface area contributed by atoms with E-state index in [0.717, 1.165) is 16.5 Å². The highest BCUT2D eigenvalue weighted by Crippen LogP contribution is 2.55. The molecule has 2 amide bonds. The van der Waals surface area contributed by atoms with Gasteiger partial charge in [-0.3, -0.25) is 19.3 Å². The zero-order chi connectivity index (χ0) is 29.6. The first-order chi connectivity index (χ1) is 19.4. The number of hydrogen-bond donors (Lipinski definition) is 0. The van der Waals surface area contributed by atoms with Crippen LogP contribution in [0.3, 0.4) is 0 Å². The van der Waals surface area contributed by atoms with Gasteiger partial charge in [-0.15, -0.1) is 0 Å². The van der Waals surface area contributed by atoms with E-state index in [-0.39, 0.29) is 24.7 Å². The maximum absolute atomic E-state index is 13.6. The molecule has 3 aliphatic rings. The second-order valence-electron chi connectivity index (χ2n) is 11.3. The third kappa shape index (κ3) is 5.34. The predicted octanol–water partition coefficient (Wildman–Crippen LogP) is 4.46. The van der Waals surface area contributed by atoms with Gasteiger partial charge in [-0.05, 0) is 57.0 Å². The van der Waals surface area contributed by atoms with E-state index in [4.69, 9.17) is 14.7 Å². The number of anilines is 1. The number of unbranched alkanes of at least 4 members (excludes halogenated alkanes) is 1. The van der Waals surface area contributed by atoms with Crippen molar-refractivity contribution in [2.45, 2.75) is 57.1 Å². The van der Waals surface area contributed by atoms with Gasteiger partial charge in [-0.25, -0.2) is 4.90 Å². The summed E-state index contributed by atoms with van der Waals surface area (Å²) in [4.78, 5) is 42.3. The van der Waals surface area contributed by atoms with E-state index in [1.54, 1.807) is 13.8 Å². The molecule has 0 aliphatic carbocycles. The Labute approximate surface area is 235 Å². The van der Waals surface area contributed by atoms with Gasteiger partial charge in [-0.2, -0.15) is 18.4 Å². The van der Waals surface area contributed by atoms with Crippen LogP contribution in [-0.4, -0.2) is 53.5 Å². The van der Waals surface area contributed by atoms with Gasteiger partial charge >= 0.3 is 12.1 Å². The lowest BCUT2D eigenvalue weighted by atomic mass is 9.79. The van der Waals surface area contributed by atoms with Crippen molar-refractivity contribution in [2.75, 3.05) is 24.5 Å². The number of morpholine rings is 1. The van der Waals surface area contributed by atoms with Crippen molar-refractivity contribution in [1.82, 2.24) is 4.90 Å². The molecule has 0 saturated carbocycles. The van der Waals surface area contributed by atoms with Crippen LogP contribution in [0, 0.1) is 23.2 Å². The number of benzene rings is 2. The van der Waals surface area contributed by atoms with Gasteiger partial charge in [0.1, 0.15) is 6.61 Å². The maximum Gasteiger partial charge on any atom is 0.417 e.